The van der Waals surface area contributed by atoms with Crippen LogP contribution in [0.3, 0.4) is 0 Å². The third kappa shape index (κ3) is 4.07. The first-order valence-electron chi connectivity index (χ1n) is 6.20. The van der Waals surface area contributed by atoms with Gasteiger partial charge in [-0.3, -0.25) is 4.79 Å². The molecule has 0 heterocycles. The van der Waals surface area contributed by atoms with Crippen LogP contribution in [0.15, 0.2) is 55.1 Å². The van der Waals surface area contributed by atoms with Crippen molar-refractivity contribution in [2.45, 2.75) is 0 Å². The van der Waals surface area contributed by atoms with Crippen LogP contribution < -0.4 is 10.1 Å². The van der Waals surface area contributed by atoms with Crippen LogP contribution in [0.2, 0.25) is 5.02 Å². The van der Waals surface area contributed by atoms with Gasteiger partial charge in [0.25, 0.3) is 5.91 Å². The molecule has 0 atom stereocenters. The molecule has 5 heteroatoms. The number of nitrogens with one attached hydrogen (secondary N) is 1. The number of ether oxygens (including phenoxy) is 1. The minimum atomic E-state index is -0.668. The fourth-order valence-corrected chi connectivity index (χ4v) is 1.85. The van der Waals surface area contributed by atoms with E-state index in [1.165, 1.54) is 12.1 Å². The van der Waals surface area contributed by atoms with E-state index in [9.17, 15) is 9.18 Å². The summed E-state index contributed by atoms with van der Waals surface area (Å²) < 4.78 is 19.0. The number of carbonyl (C=O) groups excluding carboxylic acids is 1. The Morgan fingerprint density at radius 2 is 2.14 bits per heavy atom. The number of hydrogen-bond donors (Lipinski definition) is 1. The number of hydrogen-bond acceptors (Lipinski definition) is 2. The Labute approximate surface area is 127 Å². The van der Waals surface area contributed by atoms with Crippen molar-refractivity contribution in [1.29, 1.82) is 0 Å². The molecule has 2 rings (SSSR count). The fourth-order valence-electron chi connectivity index (χ4n) is 1.69. The second kappa shape index (κ2) is 6.90. The third-order valence-electron chi connectivity index (χ3n) is 2.64. The van der Waals surface area contributed by atoms with Crippen LogP contribution in [0.25, 0.3) is 0 Å². The Morgan fingerprint density at radius 3 is 2.86 bits per heavy atom. The summed E-state index contributed by atoms with van der Waals surface area (Å²) >= 11 is 5.65. The maximum Gasteiger partial charge on any atom is 0.258 e. The van der Waals surface area contributed by atoms with Crippen molar-refractivity contribution in [3.8, 4) is 5.75 Å². The van der Waals surface area contributed by atoms with E-state index in [0.29, 0.717) is 18.0 Å². The Kier molecular flexibility index (Phi) is 4.95. The van der Waals surface area contributed by atoms with Crippen LogP contribution in [0.5, 0.6) is 5.75 Å². The number of anilines is 1. The quantitative estimate of drug-likeness (QED) is 0.837. The molecule has 3 nitrogen and oxygen atoms in total. The molecule has 1 N–H and O–H groups in total. The van der Waals surface area contributed by atoms with Crippen LogP contribution in [0.4, 0.5) is 10.1 Å². The van der Waals surface area contributed by atoms with Gasteiger partial charge in [0.1, 0.15) is 18.2 Å². The first-order chi connectivity index (χ1) is 10.1. The second-order valence-corrected chi connectivity index (χ2v) is 4.64. The van der Waals surface area contributed by atoms with Gasteiger partial charge in [-0.25, -0.2) is 4.39 Å². The first kappa shape index (κ1) is 15.1. The van der Waals surface area contributed by atoms with E-state index >= 15 is 0 Å². The lowest BCUT2D eigenvalue weighted by Gasteiger charge is -2.08. The van der Waals surface area contributed by atoms with Gasteiger partial charge >= 0.3 is 0 Å². The van der Waals surface area contributed by atoms with E-state index in [-0.39, 0.29) is 10.6 Å². The molecule has 0 aliphatic carbocycles. The molecule has 21 heavy (non-hydrogen) atoms. The smallest absolute Gasteiger partial charge is 0.258 e. The highest BCUT2D eigenvalue weighted by molar-refractivity contribution is 6.30. The van der Waals surface area contributed by atoms with Crippen molar-refractivity contribution >= 4 is 23.2 Å². The molecule has 0 saturated heterocycles. The van der Waals surface area contributed by atoms with Crippen LogP contribution in [0, 0.1) is 5.82 Å². The van der Waals surface area contributed by atoms with Gasteiger partial charge < -0.3 is 10.1 Å². The SMILES string of the molecule is C=CCOc1cccc(NC(=O)c2ccc(Cl)cc2F)c1. The summed E-state index contributed by atoms with van der Waals surface area (Å²) in [6.45, 7) is 3.92. The van der Waals surface area contributed by atoms with Gasteiger partial charge in [-0.2, -0.15) is 0 Å². The lowest BCUT2D eigenvalue weighted by Crippen LogP contribution is -2.13. The molecule has 0 fully saturated rings. The molecule has 1 amide bonds. The maximum absolute atomic E-state index is 13.7. The van der Waals surface area contributed by atoms with Gasteiger partial charge in [0.05, 0.1) is 5.56 Å². The molecule has 0 spiro atoms. The summed E-state index contributed by atoms with van der Waals surface area (Å²) in [6, 6.07) is 10.7. The van der Waals surface area contributed by atoms with Crippen molar-refractivity contribution in [1.82, 2.24) is 0 Å². The Bertz CT molecular complexity index is 673. The summed E-state index contributed by atoms with van der Waals surface area (Å²) in [4.78, 5) is 12.0. The summed E-state index contributed by atoms with van der Waals surface area (Å²) in [5.74, 6) is -0.631. The molecule has 0 bridgehead atoms. The molecule has 0 unspecified atom stereocenters. The minimum Gasteiger partial charge on any atom is -0.489 e. The number of benzene rings is 2. The van der Waals surface area contributed by atoms with Crippen molar-refractivity contribution in [3.05, 3.63) is 71.5 Å². The van der Waals surface area contributed by atoms with Crippen LogP contribution in [0.1, 0.15) is 10.4 Å². The molecule has 108 valence electrons. The van der Waals surface area contributed by atoms with Crippen molar-refractivity contribution in [2.24, 2.45) is 0 Å². The Hall–Kier alpha value is -2.33. The highest BCUT2D eigenvalue weighted by Crippen LogP contribution is 2.20. The Morgan fingerprint density at radius 1 is 1.33 bits per heavy atom. The molecule has 0 aliphatic heterocycles. The monoisotopic (exact) mass is 305 g/mol. The lowest BCUT2D eigenvalue weighted by atomic mass is 10.2. The van der Waals surface area contributed by atoms with Crippen molar-refractivity contribution in [2.75, 3.05) is 11.9 Å². The predicted octanol–water partition coefficient (Wildman–Crippen LogP) is 4.30. The number of carbonyl (C=O) groups is 1. The molecule has 0 aliphatic rings. The van der Waals surface area contributed by atoms with Gasteiger partial charge in [-0.15, -0.1) is 0 Å². The zero-order chi connectivity index (χ0) is 15.2. The second-order valence-electron chi connectivity index (χ2n) is 4.21. The van der Waals surface area contributed by atoms with E-state index in [1.807, 2.05) is 0 Å². The largest absolute Gasteiger partial charge is 0.489 e. The molecular formula is C16H13ClFNO2. The zero-order valence-electron chi connectivity index (χ0n) is 11.1. The normalized spacial score (nSPS) is 10.0. The van der Waals surface area contributed by atoms with Crippen molar-refractivity contribution < 1.29 is 13.9 Å². The van der Waals surface area contributed by atoms with E-state index in [0.717, 1.165) is 6.07 Å². The molecule has 2 aromatic rings. The first-order valence-corrected chi connectivity index (χ1v) is 6.58. The number of amides is 1. The van der Waals surface area contributed by atoms with Gasteiger partial charge in [0, 0.05) is 16.8 Å². The number of rotatable bonds is 5. The zero-order valence-corrected chi connectivity index (χ0v) is 11.9. The van der Waals surface area contributed by atoms with E-state index in [4.69, 9.17) is 16.3 Å². The Balaban J connectivity index is 2.13. The van der Waals surface area contributed by atoms with Gasteiger partial charge in [0.2, 0.25) is 0 Å². The number of halogens is 2. The summed E-state index contributed by atoms with van der Waals surface area (Å²) in [5.41, 5.74) is 0.438. The average Bonchev–Trinajstić information content (AvgIpc) is 2.45. The highest BCUT2D eigenvalue weighted by atomic mass is 35.5. The average molecular weight is 306 g/mol. The lowest BCUT2D eigenvalue weighted by molar-refractivity contribution is 0.102. The predicted molar refractivity (Wildman–Crippen MR) is 81.5 cm³/mol. The molecule has 0 radical (unpaired) electrons. The van der Waals surface area contributed by atoms with Gasteiger partial charge in [0.15, 0.2) is 0 Å². The van der Waals surface area contributed by atoms with E-state index in [2.05, 4.69) is 11.9 Å². The van der Waals surface area contributed by atoms with Crippen LogP contribution >= 0.6 is 11.6 Å². The summed E-state index contributed by atoms with van der Waals surface area (Å²) in [7, 11) is 0. The molecule has 0 saturated carbocycles. The summed E-state index contributed by atoms with van der Waals surface area (Å²) in [5, 5.41) is 2.85. The molecule has 0 aromatic heterocycles. The maximum atomic E-state index is 13.7. The molecule has 2 aromatic carbocycles. The van der Waals surface area contributed by atoms with E-state index in [1.54, 1.807) is 30.3 Å². The third-order valence-corrected chi connectivity index (χ3v) is 2.87. The topological polar surface area (TPSA) is 38.3 Å². The highest BCUT2D eigenvalue weighted by Gasteiger charge is 2.12. The molecular weight excluding hydrogens is 293 g/mol. The summed E-state index contributed by atoms with van der Waals surface area (Å²) in [6.07, 6.45) is 1.62. The van der Waals surface area contributed by atoms with E-state index < -0.39 is 11.7 Å². The van der Waals surface area contributed by atoms with Crippen LogP contribution in [-0.4, -0.2) is 12.5 Å². The fraction of sp³-hybridized carbons (Fsp3) is 0.0625. The standard InChI is InChI=1S/C16H13ClFNO2/c1-2-8-21-13-5-3-4-12(10-13)19-16(20)14-7-6-11(17)9-15(14)18/h2-7,9-10H,1,8H2,(H,19,20). The van der Waals surface area contributed by atoms with Gasteiger partial charge in [-0.05, 0) is 30.3 Å². The minimum absolute atomic E-state index is 0.0724. The van der Waals surface area contributed by atoms with Crippen molar-refractivity contribution in [3.63, 3.8) is 0 Å². The van der Waals surface area contributed by atoms with Crippen LogP contribution in [-0.2, 0) is 0 Å². The van der Waals surface area contributed by atoms with Gasteiger partial charge in [-0.1, -0.05) is 30.3 Å².